The van der Waals surface area contributed by atoms with Crippen LogP contribution in [0.2, 0.25) is 0 Å². The number of nitrogens with two attached hydrogens (primary N) is 1. The van der Waals surface area contributed by atoms with Gasteiger partial charge in [-0.2, -0.15) is 4.31 Å². The van der Waals surface area contributed by atoms with Gasteiger partial charge < -0.3 is 20.7 Å². The van der Waals surface area contributed by atoms with Gasteiger partial charge in [0, 0.05) is 29.6 Å². The summed E-state index contributed by atoms with van der Waals surface area (Å²) in [5, 5.41) is 4.98. The summed E-state index contributed by atoms with van der Waals surface area (Å²) >= 11 is 1.12. The molecule has 1 aromatic carbocycles. The van der Waals surface area contributed by atoms with Crippen LogP contribution in [0.5, 0.6) is 0 Å². The van der Waals surface area contributed by atoms with Crippen molar-refractivity contribution >= 4 is 50.3 Å². The average Bonchev–Trinajstić information content (AvgIpc) is 3.40. The number of carbonyl (C=O) groups is 4. The van der Waals surface area contributed by atoms with Crippen LogP contribution in [0, 0.1) is 10.8 Å². The highest BCUT2D eigenvalue weighted by Gasteiger charge is 2.53. The van der Waals surface area contributed by atoms with Crippen LogP contribution in [0.1, 0.15) is 78.1 Å². The predicted octanol–water partition coefficient (Wildman–Crippen LogP) is 3.91. The van der Waals surface area contributed by atoms with Crippen molar-refractivity contribution in [3.05, 3.63) is 45.8 Å². The van der Waals surface area contributed by atoms with Crippen molar-refractivity contribution in [1.29, 1.82) is 0 Å². The van der Waals surface area contributed by atoms with Gasteiger partial charge in [0.2, 0.25) is 10.0 Å². The summed E-state index contributed by atoms with van der Waals surface area (Å²) in [4.78, 5) is 52.2. The summed E-state index contributed by atoms with van der Waals surface area (Å²) in [6, 6.07) is 4.64. The van der Waals surface area contributed by atoms with Crippen molar-refractivity contribution in [2.45, 2.75) is 70.9 Å². The van der Waals surface area contributed by atoms with Gasteiger partial charge in [-0.3, -0.25) is 14.9 Å². The van der Waals surface area contributed by atoms with Gasteiger partial charge in [0.1, 0.15) is 5.00 Å². The molecule has 0 radical (unpaired) electrons. The lowest BCUT2D eigenvalue weighted by atomic mass is 9.65. The van der Waals surface area contributed by atoms with E-state index in [0.717, 1.165) is 30.6 Å². The Labute approximate surface area is 255 Å². The maximum Gasteiger partial charge on any atom is 0.410 e. The largest absolute Gasteiger partial charge is 0.450 e. The third kappa shape index (κ3) is 6.13. The molecule has 12 nitrogen and oxygen atoms in total. The molecule has 1 saturated carbocycles. The number of primary amides is 1. The molecule has 5 rings (SSSR count). The van der Waals surface area contributed by atoms with Gasteiger partial charge >= 0.3 is 12.1 Å². The molecule has 1 saturated heterocycles. The minimum absolute atomic E-state index is 0.0590. The fourth-order valence-corrected chi connectivity index (χ4v) is 10.1. The van der Waals surface area contributed by atoms with Crippen LogP contribution in [0.25, 0.3) is 0 Å². The number of fused-ring (bicyclic) bond motifs is 3. The number of hydrogen-bond donors (Lipinski definition) is 3. The van der Waals surface area contributed by atoms with E-state index in [9.17, 15) is 27.6 Å². The smallest absolute Gasteiger partial charge is 0.410 e. The van der Waals surface area contributed by atoms with Gasteiger partial charge in [-0.15, -0.1) is 11.3 Å². The van der Waals surface area contributed by atoms with Crippen LogP contribution in [0.3, 0.4) is 0 Å². The van der Waals surface area contributed by atoms with E-state index in [1.54, 1.807) is 11.2 Å². The van der Waals surface area contributed by atoms with E-state index in [1.165, 1.54) is 29.2 Å². The van der Waals surface area contributed by atoms with E-state index < -0.39 is 34.0 Å². The van der Waals surface area contributed by atoms with Crippen LogP contribution in [0.15, 0.2) is 29.2 Å². The van der Waals surface area contributed by atoms with E-state index in [1.807, 2.05) is 0 Å². The second-order valence-electron chi connectivity index (χ2n) is 12.6. The highest BCUT2D eigenvalue weighted by atomic mass is 32.2. The Morgan fingerprint density at radius 2 is 1.79 bits per heavy atom. The molecular formula is C29H37N5O7S2. The van der Waals surface area contributed by atoms with E-state index in [-0.39, 0.29) is 57.6 Å². The molecule has 2 unspecified atom stereocenters. The first kappa shape index (κ1) is 31.0. The zero-order chi connectivity index (χ0) is 31.3. The highest BCUT2D eigenvalue weighted by molar-refractivity contribution is 7.89. The summed E-state index contributed by atoms with van der Waals surface area (Å²) in [6.45, 7) is 9.38. The Morgan fingerprint density at radius 3 is 2.44 bits per heavy atom. The first-order valence-corrected chi connectivity index (χ1v) is 16.5. The lowest BCUT2D eigenvalue weighted by Gasteiger charge is -2.39. The molecule has 1 aliphatic carbocycles. The van der Waals surface area contributed by atoms with Gasteiger partial charge in [-0.25, -0.2) is 18.0 Å². The number of anilines is 1. The van der Waals surface area contributed by atoms with Crippen molar-refractivity contribution in [2.75, 3.05) is 25.0 Å². The Bertz CT molecular complexity index is 1580. The lowest BCUT2D eigenvalue weighted by Crippen LogP contribution is -2.38. The van der Waals surface area contributed by atoms with Crippen LogP contribution in [-0.4, -0.2) is 67.3 Å². The van der Waals surface area contributed by atoms with Crippen LogP contribution < -0.4 is 16.4 Å². The molecular weight excluding hydrogens is 594 g/mol. The summed E-state index contributed by atoms with van der Waals surface area (Å²) in [5.74, 6) is -1.33. The third-order valence-corrected chi connectivity index (χ3v) is 11.4. The fraction of sp³-hybridized carbons (Fsp3) is 0.517. The van der Waals surface area contributed by atoms with Crippen molar-refractivity contribution < 1.29 is 32.3 Å². The first-order chi connectivity index (χ1) is 20.1. The number of urea groups is 1. The number of thiophene rings is 1. The number of sulfonamides is 1. The number of carbonyl (C=O) groups excluding carboxylic acids is 4. The van der Waals surface area contributed by atoms with Crippen LogP contribution in [-0.2, 0) is 27.7 Å². The summed E-state index contributed by atoms with van der Waals surface area (Å²) in [6.07, 6.45) is 2.43. The molecule has 4 N–H and O–H groups in total. The second-order valence-corrected chi connectivity index (χ2v) is 15.6. The van der Waals surface area contributed by atoms with Gasteiger partial charge in [0.25, 0.3) is 11.8 Å². The summed E-state index contributed by atoms with van der Waals surface area (Å²) in [5.41, 5.74) is 6.08. The average molecular weight is 632 g/mol. The molecule has 5 amide bonds. The monoisotopic (exact) mass is 631 g/mol. The van der Waals surface area contributed by atoms with Crippen molar-refractivity contribution in [3.8, 4) is 0 Å². The third-order valence-electron chi connectivity index (χ3n) is 8.36. The summed E-state index contributed by atoms with van der Waals surface area (Å²) < 4.78 is 34.0. The number of benzene rings is 1. The number of hydrogen-bond acceptors (Lipinski definition) is 8. The second kappa shape index (κ2) is 11.2. The molecule has 1 aromatic heterocycles. The van der Waals surface area contributed by atoms with Crippen LogP contribution >= 0.6 is 11.3 Å². The molecule has 2 fully saturated rings. The Kier molecular flexibility index (Phi) is 8.07. The predicted molar refractivity (Wildman–Crippen MR) is 160 cm³/mol. The topological polar surface area (TPSA) is 168 Å². The molecule has 3 aliphatic rings. The Morgan fingerprint density at radius 1 is 1.09 bits per heavy atom. The molecule has 14 heteroatoms. The first-order valence-electron chi connectivity index (χ1n) is 14.2. The number of nitrogens with one attached hydrogen (secondary N) is 2. The Balaban J connectivity index is 1.37. The molecule has 3 heterocycles. The highest BCUT2D eigenvalue weighted by Crippen LogP contribution is 2.53. The zero-order valence-corrected chi connectivity index (χ0v) is 26.3. The van der Waals surface area contributed by atoms with E-state index >= 15 is 0 Å². The number of amides is 5. The minimum atomic E-state index is -3.77. The number of nitrogens with zero attached hydrogens (tertiary/aromatic N) is 2. The van der Waals surface area contributed by atoms with E-state index in [0.29, 0.717) is 23.4 Å². The maximum atomic E-state index is 13.6. The molecule has 2 bridgehead atoms. The lowest BCUT2D eigenvalue weighted by molar-refractivity contribution is 0.0964. The normalized spacial score (nSPS) is 22.9. The van der Waals surface area contributed by atoms with Crippen LogP contribution in [0.4, 0.5) is 14.6 Å². The zero-order valence-electron chi connectivity index (χ0n) is 24.7. The van der Waals surface area contributed by atoms with Crippen molar-refractivity contribution in [2.24, 2.45) is 16.6 Å². The van der Waals surface area contributed by atoms with Gasteiger partial charge in [-0.1, -0.05) is 20.8 Å². The summed E-state index contributed by atoms with van der Waals surface area (Å²) in [7, 11) is -3.77. The molecule has 2 aliphatic heterocycles. The van der Waals surface area contributed by atoms with Gasteiger partial charge in [0.15, 0.2) is 0 Å². The standard InChI is InChI=1S/C29H37N5O7S2/c1-5-41-27(38)33-11-10-20-21(14-33)42-25(22(20)24(36)32-26(30)37)31-23(35)17-6-8-19(9-7-17)43(39,40)34-16-29(4)13-18(34)12-28(2,3)15-29/h6-9,18H,5,10-16H2,1-4H3,(H,31,35)(H3,30,32,36,37). The molecule has 2 atom stereocenters. The molecule has 2 aromatic rings. The SMILES string of the molecule is CCOC(=O)N1CCc2c(sc(NC(=O)c3ccc(S(=O)(=O)N4CC5(C)CC4CC(C)(C)C5)cc3)c2C(=O)NC(N)=O)C1. The minimum Gasteiger partial charge on any atom is -0.450 e. The van der Waals surface area contributed by atoms with E-state index in [4.69, 9.17) is 10.5 Å². The maximum absolute atomic E-state index is 13.6. The molecule has 0 spiro atoms. The quantitative estimate of drug-likeness (QED) is 0.434. The number of ether oxygens (including phenoxy) is 1. The number of imide groups is 1. The fourth-order valence-electron chi connectivity index (χ4n) is 7.05. The number of rotatable bonds is 6. The van der Waals surface area contributed by atoms with Gasteiger partial charge in [-0.05, 0) is 73.3 Å². The van der Waals surface area contributed by atoms with Crippen molar-refractivity contribution in [3.63, 3.8) is 0 Å². The van der Waals surface area contributed by atoms with Crippen molar-refractivity contribution in [1.82, 2.24) is 14.5 Å². The van der Waals surface area contributed by atoms with Gasteiger partial charge in [0.05, 0.1) is 23.6 Å². The molecule has 232 valence electrons. The van der Waals surface area contributed by atoms with E-state index in [2.05, 4.69) is 31.4 Å². The Hall–Kier alpha value is -3.49. The molecule has 43 heavy (non-hydrogen) atoms.